The lowest BCUT2D eigenvalue weighted by Crippen LogP contribution is -2.52. The van der Waals surface area contributed by atoms with E-state index in [2.05, 4.69) is 21.9 Å². The van der Waals surface area contributed by atoms with Crippen molar-refractivity contribution in [1.29, 1.82) is 5.26 Å². The third-order valence-corrected chi connectivity index (χ3v) is 6.92. The highest BCUT2D eigenvalue weighted by Crippen LogP contribution is 2.37. The molecule has 2 N–H and O–H groups in total. The van der Waals surface area contributed by atoms with Gasteiger partial charge in [-0.1, -0.05) is 48.0 Å². The van der Waals surface area contributed by atoms with Crippen LogP contribution >= 0.6 is 11.6 Å². The van der Waals surface area contributed by atoms with E-state index in [0.29, 0.717) is 30.2 Å². The van der Waals surface area contributed by atoms with Crippen molar-refractivity contribution in [3.63, 3.8) is 0 Å². The molecule has 0 radical (unpaired) electrons. The summed E-state index contributed by atoms with van der Waals surface area (Å²) in [5.74, 6) is 0.779. The number of hydrogen-bond donors (Lipinski definition) is 2. The van der Waals surface area contributed by atoms with Gasteiger partial charge in [0.25, 0.3) is 0 Å². The maximum absolute atomic E-state index is 11.3. The molecule has 182 valence electrons. The van der Waals surface area contributed by atoms with Crippen molar-refractivity contribution in [2.24, 2.45) is 0 Å². The largest absolute Gasteiger partial charge is 0.497 e. The summed E-state index contributed by atoms with van der Waals surface area (Å²) in [7, 11) is 1.65. The van der Waals surface area contributed by atoms with E-state index >= 15 is 0 Å². The second-order valence-electron chi connectivity index (χ2n) is 9.13. The molecule has 0 saturated carbocycles. The highest BCUT2D eigenvalue weighted by atomic mass is 35.5. The first-order chi connectivity index (χ1) is 16.8. The van der Waals surface area contributed by atoms with Crippen LogP contribution in [0.4, 0.5) is 5.69 Å². The first-order valence-electron chi connectivity index (χ1n) is 11.6. The maximum atomic E-state index is 11.3. The number of nitriles is 1. The Hall–Kier alpha value is -3.08. The summed E-state index contributed by atoms with van der Waals surface area (Å²) in [6.07, 6.45) is 0. The smallest absolute Gasteiger partial charge is 0.119 e. The van der Waals surface area contributed by atoms with Gasteiger partial charge in [0.2, 0.25) is 0 Å². The molecule has 1 heterocycles. The zero-order valence-corrected chi connectivity index (χ0v) is 20.7. The van der Waals surface area contributed by atoms with Crippen molar-refractivity contribution in [3.05, 3.63) is 94.0 Å². The van der Waals surface area contributed by atoms with Gasteiger partial charge in [-0.3, -0.25) is 4.90 Å². The molecule has 35 heavy (non-hydrogen) atoms. The van der Waals surface area contributed by atoms with Crippen LogP contribution in [0.15, 0.2) is 66.7 Å². The van der Waals surface area contributed by atoms with E-state index in [9.17, 15) is 15.5 Å². The van der Waals surface area contributed by atoms with Crippen LogP contribution in [-0.2, 0) is 12.2 Å². The van der Waals surface area contributed by atoms with E-state index in [1.807, 2.05) is 55.5 Å². The van der Waals surface area contributed by atoms with Crippen LogP contribution < -0.4 is 9.64 Å². The van der Waals surface area contributed by atoms with Crippen molar-refractivity contribution in [2.75, 3.05) is 38.2 Å². The van der Waals surface area contributed by atoms with Crippen molar-refractivity contribution in [2.45, 2.75) is 25.2 Å². The molecule has 1 aliphatic heterocycles. The zero-order valence-electron chi connectivity index (χ0n) is 20.0. The zero-order chi connectivity index (χ0) is 25.0. The standard InChI is InChI=1S/C28H30ClN3O3/c1-28(34,23-9-6-20(18-33)7-10-23)19-31-12-13-32(26-11-8-21(16-30)14-25(26)29)27(17-31)22-4-3-5-24(15-22)35-2/h3-11,14-15,27,33-34H,12-13,17-19H2,1-2H3/t27-,28+/m0/s1. The monoisotopic (exact) mass is 491 g/mol. The summed E-state index contributed by atoms with van der Waals surface area (Å²) in [5.41, 5.74) is 3.06. The Kier molecular flexibility index (Phi) is 7.63. The highest BCUT2D eigenvalue weighted by Gasteiger charge is 2.34. The fraction of sp³-hybridized carbons (Fsp3) is 0.321. The minimum atomic E-state index is -1.05. The molecule has 4 rings (SSSR count). The topological polar surface area (TPSA) is 80.0 Å². The molecule has 1 aliphatic rings. The van der Waals surface area contributed by atoms with Crippen LogP contribution in [0.5, 0.6) is 5.75 Å². The van der Waals surface area contributed by atoms with Gasteiger partial charge in [0, 0.05) is 26.2 Å². The number of halogens is 1. The SMILES string of the molecule is COc1cccc([C@@H]2CN(C[C@@](C)(O)c3ccc(CO)cc3)CCN2c2ccc(C#N)cc2Cl)c1. The highest BCUT2D eigenvalue weighted by molar-refractivity contribution is 6.33. The van der Waals surface area contributed by atoms with Gasteiger partial charge >= 0.3 is 0 Å². The fourth-order valence-corrected chi connectivity index (χ4v) is 5.00. The molecule has 7 heteroatoms. The molecule has 0 aromatic heterocycles. The second kappa shape index (κ2) is 10.7. The van der Waals surface area contributed by atoms with Gasteiger partial charge in [0.15, 0.2) is 0 Å². The predicted molar refractivity (Wildman–Crippen MR) is 138 cm³/mol. The third-order valence-electron chi connectivity index (χ3n) is 6.62. The van der Waals surface area contributed by atoms with Crippen LogP contribution in [0.3, 0.4) is 0 Å². The molecule has 0 spiro atoms. The van der Waals surface area contributed by atoms with Crippen molar-refractivity contribution in [1.82, 2.24) is 4.90 Å². The molecule has 6 nitrogen and oxygen atoms in total. The summed E-state index contributed by atoms with van der Waals surface area (Å²) in [6.45, 7) is 4.37. The Balaban J connectivity index is 1.62. The Morgan fingerprint density at radius 3 is 2.54 bits per heavy atom. The van der Waals surface area contributed by atoms with E-state index in [-0.39, 0.29) is 12.6 Å². The van der Waals surface area contributed by atoms with Gasteiger partial charge in [0.1, 0.15) is 5.75 Å². The number of aliphatic hydroxyl groups excluding tert-OH is 1. The number of aliphatic hydroxyl groups is 2. The average molecular weight is 492 g/mol. The molecular formula is C28H30ClN3O3. The molecule has 3 aromatic carbocycles. The van der Waals surface area contributed by atoms with Crippen molar-refractivity contribution < 1.29 is 14.9 Å². The molecule has 0 amide bonds. The normalized spacial score (nSPS) is 18.1. The average Bonchev–Trinajstić information content (AvgIpc) is 2.88. The minimum absolute atomic E-state index is 0.0233. The number of benzene rings is 3. The molecule has 1 fully saturated rings. The Morgan fingerprint density at radius 1 is 1.11 bits per heavy atom. The first kappa shape index (κ1) is 25.0. The summed E-state index contributed by atoms with van der Waals surface area (Å²) in [5, 5.41) is 30.4. The van der Waals surface area contributed by atoms with Gasteiger partial charge in [0.05, 0.1) is 47.7 Å². The molecular weight excluding hydrogens is 462 g/mol. The lowest BCUT2D eigenvalue weighted by Gasteiger charge is -2.45. The van der Waals surface area contributed by atoms with Gasteiger partial charge in [-0.05, 0) is 53.9 Å². The third kappa shape index (κ3) is 5.61. The van der Waals surface area contributed by atoms with Crippen LogP contribution in [0, 0.1) is 11.3 Å². The molecule has 1 saturated heterocycles. The summed E-state index contributed by atoms with van der Waals surface area (Å²) in [6, 6.07) is 22.9. The first-order valence-corrected chi connectivity index (χ1v) is 12.0. The number of nitrogens with zero attached hydrogens (tertiary/aromatic N) is 3. The quantitative estimate of drug-likeness (QED) is 0.507. The molecule has 0 unspecified atom stereocenters. The number of β-amino-alcohol motifs (C(OH)–C–C–N with tert-alkyl or cyclic N) is 1. The molecule has 2 atom stereocenters. The Bertz CT molecular complexity index is 1210. The van der Waals surface area contributed by atoms with Gasteiger partial charge in [-0.25, -0.2) is 0 Å². The summed E-state index contributed by atoms with van der Waals surface area (Å²) in [4.78, 5) is 4.53. The summed E-state index contributed by atoms with van der Waals surface area (Å²) >= 11 is 6.61. The van der Waals surface area contributed by atoms with E-state index in [1.54, 1.807) is 19.2 Å². The maximum Gasteiger partial charge on any atom is 0.119 e. The fourth-order valence-electron chi connectivity index (χ4n) is 4.71. The predicted octanol–water partition coefficient (Wildman–Crippen LogP) is 4.48. The number of rotatable bonds is 7. The van der Waals surface area contributed by atoms with Gasteiger partial charge in [-0.2, -0.15) is 5.26 Å². The Morgan fingerprint density at radius 2 is 1.89 bits per heavy atom. The van der Waals surface area contributed by atoms with Crippen molar-refractivity contribution in [3.8, 4) is 11.8 Å². The molecule has 3 aromatic rings. The van der Waals surface area contributed by atoms with Crippen LogP contribution in [0.25, 0.3) is 0 Å². The Labute approximate surface area is 211 Å². The number of piperazine rings is 1. The van der Waals surface area contributed by atoms with Crippen LogP contribution in [0.1, 0.15) is 35.2 Å². The van der Waals surface area contributed by atoms with Gasteiger partial charge < -0.3 is 19.8 Å². The number of anilines is 1. The lowest BCUT2D eigenvalue weighted by molar-refractivity contribution is 0.0102. The number of methoxy groups -OCH3 is 1. The van der Waals surface area contributed by atoms with Crippen LogP contribution in [0.2, 0.25) is 5.02 Å². The second-order valence-corrected chi connectivity index (χ2v) is 9.54. The molecule has 0 bridgehead atoms. The van der Waals surface area contributed by atoms with Crippen molar-refractivity contribution >= 4 is 17.3 Å². The van der Waals surface area contributed by atoms with E-state index in [0.717, 1.165) is 34.7 Å². The van der Waals surface area contributed by atoms with Crippen LogP contribution in [-0.4, -0.2) is 48.4 Å². The molecule has 0 aliphatic carbocycles. The van der Waals surface area contributed by atoms with Gasteiger partial charge in [-0.15, -0.1) is 0 Å². The van der Waals surface area contributed by atoms with E-state index in [4.69, 9.17) is 16.3 Å². The lowest BCUT2D eigenvalue weighted by atomic mass is 9.93. The number of ether oxygens (including phenoxy) is 1. The van der Waals surface area contributed by atoms with E-state index in [1.165, 1.54) is 0 Å². The minimum Gasteiger partial charge on any atom is -0.497 e. The number of hydrogen-bond acceptors (Lipinski definition) is 6. The van der Waals surface area contributed by atoms with E-state index < -0.39 is 5.60 Å². The summed E-state index contributed by atoms with van der Waals surface area (Å²) < 4.78 is 5.47.